The predicted molar refractivity (Wildman–Crippen MR) is 79.6 cm³/mol. The predicted octanol–water partition coefficient (Wildman–Crippen LogP) is 1.30. The fourth-order valence-corrected chi connectivity index (χ4v) is 3.34. The van der Waals surface area contributed by atoms with Crippen molar-refractivity contribution in [2.24, 2.45) is 0 Å². The summed E-state index contributed by atoms with van der Waals surface area (Å²) in [7, 11) is 0. The molecule has 0 radical (unpaired) electrons. The van der Waals surface area contributed by atoms with Gasteiger partial charge in [-0.1, -0.05) is 11.3 Å². The number of piperazine rings is 1. The van der Waals surface area contributed by atoms with Gasteiger partial charge in [0.2, 0.25) is 0 Å². The molecule has 0 aliphatic carbocycles. The second kappa shape index (κ2) is 5.87. The van der Waals surface area contributed by atoms with Crippen molar-refractivity contribution in [1.29, 1.82) is 0 Å². The number of nitrogens with zero attached hydrogens (tertiary/aromatic N) is 2. The summed E-state index contributed by atoms with van der Waals surface area (Å²) in [6, 6.07) is 3.41. The Balaban J connectivity index is 1.57. The maximum Gasteiger partial charge on any atom is 0.304 e. The Labute approximate surface area is 126 Å². The monoisotopic (exact) mass is 307 g/mol. The second-order valence-corrected chi connectivity index (χ2v) is 6.18. The standard InChI is InChI=1S/C14H17N3O3S/c1-10-12(21-14(19)15-10)9-16-4-6-17(7-5-16)13(18)11-3-2-8-20-11/h2-3,8H,4-7,9H2,1H3,(H,15,19). The number of hydrogen-bond acceptors (Lipinski definition) is 5. The van der Waals surface area contributed by atoms with Crippen LogP contribution in [0.3, 0.4) is 0 Å². The van der Waals surface area contributed by atoms with Crippen LogP contribution in [0.2, 0.25) is 0 Å². The van der Waals surface area contributed by atoms with Gasteiger partial charge in [-0.2, -0.15) is 0 Å². The lowest BCUT2D eigenvalue weighted by atomic mass is 10.2. The van der Waals surface area contributed by atoms with E-state index in [1.807, 2.05) is 11.8 Å². The normalized spacial score (nSPS) is 16.3. The molecule has 1 N–H and O–H groups in total. The highest BCUT2D eigenvalue weighted by Gasteiger charge is 2.24. The van der Waals surface area contributed by atoms with Gasteiger partial charge < -0.3 is 14.3 Å². The third kappa shape index (κ3) is 3.08. The summed E-state index contributed by atoms with van der Waals surface area (Å²) in [6.45, 7) is 5.65. The molecule has 2 aromatic heterocycles. The molecular formula is C14H17N3O3S. The van der Waals surface area contributed by atoms with Crippen LogP contribution in [0.25, 0.3) is 0 Å². The summed E-state index contributed by atoms with van der Waals surface area (Å²) in [5.41, 5.74) is 0.944. The Hall–Kier alpha value is -1.86. The smallest absolute Gasteiger partial charge is 0.304 e. The van der Waals surface area contributed by atoms with E-state index < -0.39 is 0 Å². The number of aryl methyl sites for hydroxylation is 1. The molecule has 21 heavy (non-hydrogen) atoms. The van der Waals surface area contributed by atoms with E-state index in [2.05, 4.69) is 9.88 Å². The molecule has 0 bridgehead atoms. The average molecular weight is 307 g/mol. The zero-order valence-corrected chi connectivity index (χ0v) is 12.6. The van der Waals surface area contributed by atoms with Crippen LogP contribution in [0.4, 0.5) is 0 Å². The average Bonchev–Trinajstić information content (AvgIpc) is 3.10. The highest BCUT2D eigenvalue weighted by Crippen LogP contribution is 2.15. The Bertz CT molecular complexity index is 666. The molecule has 112 valence electrons. The van der Waals surface area contributed by atoms with E-state index in [9.17, 15) is 9.59 Å². The molecule has 1 fully saturated rings. The Morgan fingerprint density at radius 1 is 1.38 bits per heavy atom. The minimum absolute atomic E-state index is 0.00543. The van der Waals surface area contributed by atoms with Crippen molar-refractivity contribution in [1.82, 2.24) is 14.8 Å². The zero-order valence-electron chi connectivity index (χ0n) is 11.8. The molecule has 1 saturated heterocycles. The molecule has 3 heterocycles. The molecule has 0 spiro atoms. The Morgan fingerprint density at radius 2 is 2.14 bits per heavy atom. The summed E-state index contributed by atoms with van der Waals surface area (Å²) in [5.74, 6) is 0.338. The summed E-state index contributed by atoms with van der Waals surface area (Å²) >= 11 is 1.26. The van der Waals surface area contributed by atoms with Crippen molar-refractivity contribution in [3.63, 3.8) is 0 Å². The molecule has 0 aromatic carbocycles. The number of carbonyl (C=O) groups excluding carboxylic acids is 1. The molecule has 6 nitrogen and oxygen atoms in total. The molecule has 3 rings (SSSR count). The van der Waals surface area contributed by atoms with Crippen LogP contribution in [0, 0.1) is 6.92 Å². The maximum absolute atomic E-state index is 12.2. The summed E-state index contributed by atoms with van der Waals surface area (Å²) < 4.78 is 5.15. The van der Waals surface area contributed by atoms with Crippen molar-refractivity contribution >= 4 is 17.2 Å². The Morgan fingerprint density at radius 3 is 2.71 bits per heavy atom. The highest BCUT2D eigenvalue weighted by molar-refractivity contribution is 7.09. The number of carbonyl (C=O) groups is 1. The van der Waals surface area contributed by atoms with Crippen molar-refractivity contribution in [2.75, 3.05) is 26.2 Å². The summed E-state index contributed by atoms with van der Waals surface area (Å²) in [4.78, 5) is 31.4. The molecule has 0 unspecified atom stereocenters. The van der Waals surface area contributed by atoms with E-state index in [1.165, 1.54) is 17.6 Å². The molecule has 1 aliphatic heterocycles. The topological polar surface area (TPSA) is 69.6 Å². The van der Waals surface area contributed by atoms with Crippen molar-refractivity contribution < 1.29 is 9.21 Å². The van der Waals surface area contributed by atoms with Gasteiger partial charge in [0.05, 0.1) is 6.26 Å². The SMILES string of the molecule is Cc1[nH]c(=O)sc1CN1CCN(C(=O)c2ccco2)CC1. The van der Waals surface area contributed by atoms with Crippen LogP contribution < -0.4 is 4.87 Å². The number of nitrogens with one attached hydrogen (secondary N) is 1. The van der Waals surface area contributed by atoms with Gasteiger partial charge in [-0.3, -0.25) is 14.5 Å². The van der Waals surface area contributed by atoms with Crippen LogP contribution in [-0.2, 0) is 6.54 Å². The van der Waals surface area contributed by atoms with Gasteiger partial charge in [-0.25, -0.2) is 0 Å². The van der Waals surface area contributed by atoms with Crippen LogP contribution in [-0.4, -0.2) is 46.9 Å². The van der Waals surface area contributed by atoms with Gasteiger partial charge in [0, 0.05) is 43.3 Å². The van der Waals surface area contributed by atoms with Gasteiger partial charge in [-0.15, -0.1) is 0 Å². The van der Waals surface area contributed by atoms with Crippen LogP contribution >= 0.6 is 11.3 Å². The fourth-order valence-electron chi connectivity index (χ4n) is 2.46. The number of aromatic amines is 1. The molecule has 1 amide bonds. The quantitative estimate of drug-likeness (QED) is 0.928. The number of thiazole rings is 1. The first kappa shape index (κ1) is 14.1. The third-order valence-corrected chi connectivity index (χ3v) is 4.65. The molecule has 7 heteroatoms. The zero-order chi connectivity index (χ0) is 14.8. The van der Waals surface area contributed by atoms with E-state index in [1.54, 1.807) is 12.1 Å². The van der Waals surface area contributed by atoms with Gasteiger partial charge in [0.15, 0.2) is 5.76 Å². The minimum atomic E-state index is -0.0536. The van der Waals surface area contributed by atoms with Crippen molar-refractivity contribution in [3.05, 3.63) is 44.4 Å². The molecule has 0 atom stereocenters. The Kier molecular flexibility index (Phi) is 3.94. The molecule has 2 aromatic rings. The minimum Gasteiger partial charge on any atom is -0.459 e. The number of H-pyrrole nitrogens is 1. The summed E-state index contributed by atoms with van der Waals surface area (Å²) in [5, 5.41) is 0. The van der Waals surface area contributed by atoms with E-state index in [0.29, 0.717) is 18.8 Å². The van der Waals surface area contributed by atoms with E-state index in [-0.39, 0.29) is 10.8 Å². The lowest BCUT2D eigenvalue weighted by Gasteiger charge is -2.34. The van der Waals surface area contributed by atoms with Crippen molar-refractivity contribution in [3.8, 4) is 0 Å². The first-order chi connectivity index (χ1) is 10.1. The fraction of sp³-hybridized carbons (Fsp3) is 0.429. The highest BCUT2D eigenvalue weighted by atomic mass is 32.1. The summed E-state index contributed by atoms with van der Waals surface area (Å²) in [6.07, 6.45) is 1.51. The lowest BCUT2D eigenvalue weighted by Crippen LogP contribution is -2.48. The van der Waals surface area contributed by atoms with Crippen LogP contribution in [0.1, 0.15) is 21.1 Å². The van der Waals surface area contributed by atoms with E-state index >= 15 is 0 Å². The largest absolute Gasteiger partial charge is 0.459 e. The third-order valence-electron chi connectivity index (χ3n) is 3.68. The number of amides is 1. The number of furan rings is 1. The van der Waals surface area contributed by atoms with Gasteiger partial charge in [0.1, 0.15) is 0 Å². The number of aromatic nitrogens is 1. The van der Waals surface area contributed by atoms with Gasteiger partial charge in [-0.05, 0) is 19.1 Å². The first-order valence-electron chi connectivity index (χ1n) is 6.87. The number of rotatable bonds is 3. The first-order valence-corrected chi connectivity index (χ1v) is 7.69. The van der Waals surface area contributed by atoms with Crippen molar-refractivity contribution in [2.45, 2.75) is 13.5 Å². The van der Waals surface area contributed by atoms with E-state index in [4.69, 9.17) is 4.42 Å². The van der Waals surface area contributed by atoms with Crippen LogP contribution in [0.5, 0.6) is 0 Å². The second-order valence-electron chi connectivity index (χ2n) is 5.11. The van der Waals surface area contributed by atoms with Gasteiger partial charge >= 0.3 is 4.87 Å². The molecule has 0 saturated carbocycles. The number of hydrogen-bond donors (Lipinski definition) is 1. The lowest BCUT2D eigenvalue weighted by molar-refractivity contribution is 0.0598. The maximum atomic E-state index is 12.2. The molecular weight excluding hydrogens is 290 g/mol. The van der Waals surface area contributed by atoms with Gasteiger partial charge in [0.25, 0.3) is 5.91 Å². The van der Waals surface area contributed by atoms with E-state index in [0.717, 1.165) is 30.2 Å². The molecule has 1 aliphatic rings. The van der Waals surface area contributed by atoms with Crippen LogP contribution in [0.15, 0.2) is 27.6 Å².